The highest BCUT2D eigenvalue weighted by Gasteiger charge is 2.31. The molecule has 0 saturated carbocycles. The van der Waals surface area contributed by atoms with Crippen LogP contribution in [0.1, 0.15) is 24.0 Å². The molecular weight excluding hydrogens is 276 g/mol. The van der Waals surface area contributed by atoms with Gasteiger partial charge in [0, 0.05) is 23.0 Å². The molecule has 0 spiro atoms. The number of hydrogen-bond acceptors (Lipinski definition) is 4. The van der Waals surface area contributed by atoms with Crippen LogP contribution in [0.25, 0.3) is 0 Å². The number of ether oxygens (including phenoxy) is 1. The highest BCUT2D eigenvalue weighted by atomic mass is 35.5. The van der Waals surface area contributed by atoms with Gasteiger partial charge >= 0.3 is 0 Å². The van der Waals surface area contributed by atoms with Crippen LogP contribution in [-0.2, 0) is 0 Å². The number of nitrogens with zero attached hydrogens (tertiary/aromatic N) is 1. The zero-order valence-corrected chi connectivity index (χ0v) is 12.1. The average molecular weight is 293 g/mol. The lowest BCUT2D eigenvalue weighted by molar-refractivity contribution is 0.113. The van der Waals surface area contributed by atoms with Crippen molar-refractivity contribution in [1.29, 1.82) is 0 Å². The third-order valence-electron chi connectivity index (χ3n) is 3.69. The first-order chi connectivity index (χ1) is 9.75. The van der Waals surface area contributed by atoms with E-state index in [2.05, 4.69) is 10.3 Å². The van der Waals surface area contributed by atoms with Crippen molar-refractivity contribution in [2.45, 2.75) is 19.4 Å². The lowest BCUT2D eigenvalue weighted by Crippen LogP contribution is -2.22. The van der Waals surface area contributed by atoms with Gasteiger partial charge < -0.3 is 14.5 Å². The summed E-state index contributed by atoms with van der Waals surface area (Å²) < 4.78 is 11.6. The van der Waals surface area contributed by atoms with Gasteiger partial charge in [0.2, 0.25) is 5.89 Å². The van der Waals surface area contributed by atoms with Crippen molar-refractivity contribution in [2.24, 2.45) is 5.92 Å². The van der Waals surface area contributed by atoms with Crippen LogP contribution in [0.5, 0.6) is 5.75 Å². The summed E-state index contributed by atoms with van der Waals surface area (Å²) in [7, 11) is 0. The maximum absolute atomic E-state index is 6.17. The van der Waals surface area contributed by atoms with Gasteiger partial charge in [-0.2, -0.15) is 0 Å². The molecule has 1 saturated heterocycles. The Morgan fingerprint density at radius 1 is 1.50 bits per heavy atom. The first-order valence-electron chi connectivity index (χ1n) is 6.77. The summed E-state index contributed by atoms with van der Waals surface area (Å²) in [5.41, 5.74) is 0.941. The fraction of sp³-hybridized carbons (Fsp3) is 0.400. The molecule has 106 valence electrons. The zero-order chi connectivity index (χ0) is 13.9. The molecule has 5 heteroatoms. The Kier molecular flexibility index (Phi) is 3.94. The van der Waals surface area contributed by atoms with Gasteiger partial charge in [0.1, 0.15) is 12.0 Å². The summed E-state index contributed by atoms with van der Waals surface area (Å²) in [5.74, 6) is 1.76. The number of benzene rings is 1. The normalized spacial score (nSPS) is 20.0. The maximum Gasteiger partial charge on any atom is 0.235 e. The quantitative estimate of drug-likeness (QED) is 0.938. The van der Waals surface area contributed by atoms with E-state index in [0.29, 0.717) is 16.8 Å². The van der Waals surface area contributed by atoms with Crippen molar-refractivity contribution >= 4 is 11.6 Å². The van der Waals surface area contributed by atoms with Crippen molar-refractivity contribution < 1.29 is 9.15 Å². The number of aromatic nitrogens is 1. The molecule has 4 nitrogen and oxygen atoms in total. The van der Waals surface area contributed by atoms with Crippen molar-refractivity contribution in [3.63, 3.8) is 0 Å². The predicted octanol–water partition coefficient (Wildman–Crippen LogP) is 3.37. The fourth-order valence-electron chi connectivity index (χ4n) is 2.51. The van der Waals surface area contributed by atoms with Crippen molar-refractivity contribution in [3.8, 4) is 5.75 Å². The molecule has 0 bridgehead atoms. The Bertz CT molecular complexity index is 565. The molecule has 1 aliphatic rings. The Morgan fingerprint density at radius 2 is 2.40 bits per heavy atom. The third-order valence-corrected chi connectivity index (χ3v) is 4.10. The summed E-state index contributed by atoms with van der Waals surface area (Å²) in [6.07, 6.45) is 4.10. The van der Waals surface area contributed by atoms with Crippen molar-refractivity contribution in [3.05, 3.63) is 47.1 Å². The molecule has 20 heavy (non-hydrogen) atoms. The Balaban J connectivity index is 1.88. The lowest BCUT2D eigenvalue weighted by atomic mass is 10.0. The van der Waals surface area contributed by atoms with Gasteiger partial charge in [-0.3, -0.25) is 0 Å². The molecule has 1 N–H and O–H groups in total. The molecule has 0 unspecified atom stereocenters. The minimum atomic E-state index is -0.183. The van der Waals surface area contributed by atoms with E-state index in [-0.39, 0.29) is 6.10 Å². The minimum Gasteiger partial charge on any atom is -0.480 e. The first-order valence-corrected chi connectivity index (χ1v) is 7.15. The topological polar surface area (TPSA) is 47.3 Å². The summed E-state index contributed by atoms with van der Waals surface area (Å²) in [6, 6.07) is 5.69. The van der Waals surface area contributed by atoms with Crippen LogP contribution in [0.3, 0.4) is 0 Å². The largest absolute Gasteiger partial charge is 0.480 e. The second-order valence-corrected chi connectivity index (χ2v) is 5.43. The van der Waals surface area contributed by atoms with E-state index in [1.54, 1.807) is 12.5 Å². The van der Waals surface area contributed by atoms with Gasteiger partial charge in [-0.05, 0) is 32.0 Å². The molecule has 3 rings (SSSR count). The van der Waals surface area contributed by atoms with Crippen LogP contribution in [0.15, 0.2) is 35.1 Å². The highest BCUT2D eigenvalue weighted by molar-refractivity contribution is 6.31. The van der Waals surface area contributed by atoms with E-state index in [9.17, 15) is 0 Å². The van der Waals surface area contributed by atoms with Gasteiger partial charge in [-0.1, -0.05) is 17.7 Å². The molecule has 0 amide bonds. The maximum atomic E-state index is 6.17. The van der Waals surface area contributed by atoms with Crippen LogP contribution < -0.4 is 10.1 Å². The van der Waals surface area contributed by atoms with Gasteiger partial charge in [0.25, 0.3) is 0 Å². The molecule has 2 heterocycles. The van der Waals surface area contributed by atoms with Gasteiger partial charge in [0.05, 0.1) is 6.20 Å². The number of halogens is 1. The van der Waals surface area contributed by atoms with Crippen molar-refractivity contribution in [1.82, 2.24) is 10.3 Å². The smallest absolute Gasteiger partial charge is 0.235 e. The average Bonchev–Trinajstić information content (AvgIpc) is 3.13. The molecule has 1 aromatic carbocycles. The monoisotopic (exact) mass is 292 g/mol. The van der Waals surface area contributed by atoms with Gasteiger partial charge in [-0.25, -0.2) is 4.98 Å². The van der Waals surface area contributed by atoms with E-state index in [1.165, 1.54) is 0 Å². The zero-order valence-electron chi connectivity index (χ0n) is 11.3. The Hall–Kier alpha value is -1.52. The van der Waals surface area contributed by atoms with Crippen LogP contribution in [0.2, 0.25) is 5.02 Å². The number of hydrogen-bond donors (Lipinski definition) is 1. The van der Waals surface area contributed by atoms with E-state index in [0.717, 1.165) is 30.8 Å². The third kappa shape index (κ3) is 2.67. The van der Waals surface area contributed by atoms with Crippen molar-refractivity contribution in [2.75, 3.05) is 13.1 Å². The molecule has 1 aromatic heterocycles. The first kappa shape index (κ1) is 13.5. The minimum absolute atomic E-state index is 0.183. The molecule has 2 aromatic rings. The second-order valence-electron chi connectivity index (χ2n) is 5.02. The fourth-order valence-corrected chi connectivity index (χ4v) is 2.68. The van der Waals surface area contributed by atoms with Crippen LogP contribution in [0.4, 0.5) is 0 Å². The lowest BCUT2D eigenvalue weighted by Gasteiger charge is -2.22. The van der Waals surface area contributed by atoms with Gasteiger partial charge in [0.15, 0.2) is 6.10 Å². The Labute approximate surface area is 123 Å². The van der Waals surface area contributed by atoms with Crippen LogP contribution in [-0.4, -0.2) is 18.1 Å². The number of oxazole rings is 1. The molecule has 1 fully saturated rings. The number of nitrogens with one attached hydrogen (secondary N) is 1. The summed E-state index contributed by atoms with van der Waals surface area (Å²) in [6.45, 7) is 3.86. The predicted molar refractivity (Wildman–Crippen MR) is 77.0 cm³/mol. The summed E-state index contributed by atoms with van der Waals surface area (Å²) >= 11 is 6.15. The molecule has 1 aliphatic heterocycles. The molecule has 0 aliphatic carbocycles. The SMILES string of the molecule is Cc1c(Cl)cccc1O[C@H](c1ncco1)[C@@H]1CCNC1. The molecule has 2 atom stereocenters. The van der Waals surface area contributed by atoms with E-state index in [1.807, 2.05) is 25.1 Å². The Morgan fingerprint density at radius 3 is 3.10 bits per heavy atom. The molecular formula is C15H17ClN2O2. The van der Waals surface area contributed by atoms with Gasteiger partial charge in [-0.15, -0.1) is 0 Å². The van der Waals surface area contributed by atoms with Crippen LogP contribution in [0, 0.1) is 12.8 Å². The summed E-state index contributed by atoms with van der Waals surface area (Å²) in [5, 5.41) is 4.06. The number of rotatable bonds is 4. The molecule has 0 radical (unpaired) electrons. The summed E-state index contributed by atoms with van der Waals surface area (Å²) in [4.78, 5) is 4.26. The van der Waals surface area contributed by atoms with E-state index < -0.39 is 0 Å². The van der Waals surface area contributed by atoms with Crippen LogP contribution >= 0.6 is 11.6 Å². The highest BCUT2D eigenvalue weighted by Crippen LogP contribution is 2.34. The second kappa shape index (κ2) is 5.85. The standard InChI is InChI=1S/C15H17ClN2O2/c1-10-12(16)3-2-4-13(10)20-14(11-5-6-17-9-11)15-18-7-8-19-15/h2-4,7-8,11,14,17H,5-6,9H2,1H3/t11-,14+/m1/s1. The van der Waals surface area contributed by atoms with E-state index in [4.69, 9.17) is 20.8 Å². The van der Waals surface area contributed by atoms with E-state index >= 15 is 0 Å².